The Morgan fingerprint density at radius 3 is 2.00 bits per heavy atom. The van der Waals surface area contributed by atoms with Crippen molar-refractivity contribution in [3.63, 3.8) is 0 Å². The molecule has 0 saturated heterocycles. The van der Waals surface area contributed by atoms with E-state index < -0.39 is 9.53 Å². The van der Waals surface area contributed by atoms with Gasteiger partial charge in [0.05, 0.1) is 0 Å². The van der Waals surface area contributed by atoms with Gasteiger partial charge in [-0.15, -0.1) is 0 Å². The van der Waals surface area contributed by atoms with Gasteiger partial charge in [-0.25, -0.2) is 0 Å². The highest BCUT2D eigenvalue weighted by Crippen LogP contribution is 2.17. The van der Waals surface area contributed by atoms with Crippen LogP contribution >= 0.6 is 0 Å². The first-order valence-electron chi connectivity index (χ1n) is 6.01. The molecule has 7 heteroatoms. The lowest BCUT2D eigenvalue weighted by molar-refractivity contribution is 0.163. The maximum atomic E-state index is 5.30. The minimum absolute atomic E-state index is 0.740. The summed E-state index contributed by atoms with van der Waals surface area (Å²) in [7, 11) is 3.05. The van der Waals surface area contributed by atoms with Crippen molar-refractivity contribution in [1.82, 2.24) is 10.6 Å². The van der Waals surface area contributed by atoms with Gasteiger partial charge < -0.3 is 29.6 Å². The zero-order valence-electron chi connectivity index (χ0n) is 11.2. The lowest BCUT2D eigenvalue weighted by Crippen LogP contribution is -2.31. The third-order valence-electron chi connectivity index (χ3n) is 2.21. The third-order valence-corrected chi connectivity index (χ3v) is 3.37. The molecular weight excluding hydrogens is 238 g/mol. The van der Waals surface area contributed by atoms with E-state index in [9.17, 15) is 0 Å². The lowest BCUT2D eigenvalue weighted by Gasteiger charge is -2.05. The Morgan fingerprint density at radius 2 is 1.65 bits per heavy atom. The fraction of sp³-hybridized carbons (Fsp3) is 1.00. The molecular formula is C10H27N3O3Si. The molecule has 0 spiro atoms. The molecule has 17 heavy (non-hydrogen) atoms. The third kappa shape index (κ3) is 12.2. The van der Waals surface area contributed by atoms with E-state index in [0.29, 0.717) is 0 Å². The molecule has 1 aliphatic carbocycles. The van der Waals surface area contributed by atoms with Gasteiger partial charge in [-0.05, 0) is 12.8 Å². The maximum Gasteiger partial charge on any atom is 0.483 e. The first kappa shape index (κ1) is 17.0. The summed E-state index contributed by atoms with van der Waals surface area (Å²) < 4.78 is 14.2. The molecule has 0 unspecified atom stereocenters. The minimum Gasteiger partial charge on any atom is -0.379 e. The normalized spacial score (nSPS) is 14.6. The Morgan fingerprint density at radius 1 is 1.06 bits per heavy atom. The smallest absolute Gasteiger partial charge is 0.379 e. The molecule has 0 atom stereocenters. The predicted octanol–water partition coefficient (Wildman–Crippen LogP) is -1.07. The molecule has 1 saturated carbocycles. The second-order valence-corrected chi connectivity index (χ2v) is 5.75. The van der Waals surface area contributed by atoms with Gasteiger partial charge in [-0.1, -0.05) is 0 Å². The van der Waals surface area contributed by atoms with E-state index in [-0.39, 0.29) is 0 Å². The summed E-state index contributed by atoms with van der Waals surface area (Å²) in [5.41, 5.74) is 5.30. The monoisotopic (exact) mass is 265 g/mol. The Kier molecular flexibility index (Phi) is 12.4. The summed E-state index contributed by atoms with van der Waals surface area (Å²) >= 11 is 0. The molecule has 0 aromatic rings. The number of nitrogens with two attached hydrogens (primary N) is 1. The van der Waals surface area contributed by atoms with Crippen LogP contribution in [0, 0.1) is 0 Å². The highest BCUT2D eigenvalue weighted by Gasteiger charge is 2.19. The van der Waals surface area contributed by atoms with Crippen molar-refractivity contribution in [2.24, 2.45) is 5.73 Å². The summed E-state index contributed by atoms with van der Waals surface area (Å²) in [6.07, 6.45) is 2.74. The number of nitrogens with one attached hydrogen (secondary N) is 2. The van der Waals surface area contributed by atoms with Crippen LogP contribution in [0.15, 0.2) is 0 Å². The molecule has 0 heterocycles. The summed E-state index contributed by atoms with van der Waals surface area (Å²) in [6, 6.07) is 0.833. The number of rotatable bonds is 9. The average molecular weight is 265 g/mol. The standard InChI is InChI=1S/C7H17N3.C3H10O3Si/c8-3-4-9-5-6-10-7-1-2-7;1-4-7(5-2)6-3/h7,9-10H,1-6,8H2;7H,1-3H3. The van der Waals surface area contributed by atoms with Crippen LogP contribution in [0.4, 0.5) is 0 Å². The SMILES string of the molecule is CO[SiH](OC)OC.NCCNCCNC1CC1. The largest absolute Gasteiger partial charge is 0.483 e. The van der Waals surface area contributed by atoms with Gasteiger partial charge in [-0.3, -0.25) is 0 Å². The second kappa shape index (κ2) is 12.4. The molecule has 0 amide bonds. The Bertz CT molecular complexity index is 152. The average Bonchev–Trinajstić information content (AvgIpc) is 3.16. The molecule has 0 aliphatic heterocycles. The molecule has 1 aliphatic rings. The van der Waals surface area contributed by atoms with Gasteiger partial charge in [0, 0.05) is 53.6 Å². The van der Waals surface area contributed by atoms with E-state index in [0.717, 1.165) is 32.2 Å². The van der Waals surface area contributed by atoms with Crippen molar-refractivity contribution in [2.45, 2.75) is 18.9 Å². The van der Waals surface area contributed by atoms with Crippen molar-refractivity contribution in [3.05, 3.63) is 0 Å². The second-order valence-electron chi connectivity index (χ2n) is 3.76. The van der Waals surface area contributed by atoms with Crippen LogP contribution in [-0.4, -0.2) is 63.1 Å². The fourth-order valence-corrected chi connectivity index (χ4v) is 1.75. The van der Waals surface area contributed by atoms with E-state index >= 15 is 0 Å². The topological polar surface area (TPSA) is 77.8 Å². The molecule has 1 rings (SSSR count). The highest BCUT2D eigenvalue weighted by atomic mass is 28.3. The summed E-state index contributed by atoms with van der Waals surface area (Å²) in [4.78, 5) is 0. The molecule has 1 fully saturated rings. The molecule has 0 radical (unpaired) electrons. The van der Waals surface area contributed by atoms with Gasteiger partial charge in [0.2, 0.25) is 0 Å². The van der Waals surface area contributed by atoms with Crippen LogP contribution < -0.4 is 16.4 Å². The number of hydrogen-bond donors (Lipinski definition) is 3. The molecule has 104 valence electrons. The van der Waals surface area contributed by atoms with Crippen LogP contribution in [0.25, 0.3) is 0 Å². The van der Waals surface area contributed by atoms with Crippen LogP contribution in [0.2, 0.25) is 0 Å². The van der Waals surface area contributed by atoms with E-state index in [1.54, 1.807) is 21.3 Å². The van der Waals surface area contributed by atoms with Crippen molar-refractivity contribution in [1.29, 1.82) is 0 Å². The number of hydrogen-bond acceptors (Lipinski definition) is 6. The van der Waals surface area contributed by atoms with E-state index in [1.807, 2.05) is 0 Å². The summed E-state index contributed by atoms with van der Waals surface area (Å²) in [6.45, 7) is 3.81. The molecule has 0 aromatic heterocycles. The van der Waals surface area contributed by atoms with E-state index in [2.05, 4.69) is 10.6 Å². The van der Waals surface area contributed by atoms with Crippen molar-refractivity contribution < 1.29 is 13.3 Å². The maximum absolute atomic E-state index is 5.30. The quantitative estimate of drug-likeness (QED) is 0.364. The Balaban J connectivity index is 0.000000325. The van der Waals surface area contributed by atoms with Crippen LogP contribution in [0.5, 0.6) is 0 Å². The summed E-state index contributed by atoms with van der Waals surface area (Å²) in [5.74, 6) is 0. The minimum atomic E-state index is -1.67. The van der Waals surface area contributed by atoms with Crippen molar-refractivity contribution in [2.75, 3.05) is 47.5 Å². The Labute approximate surface area is 106 Å². The predicted molar refractivity (Wildman–Crippen MR) is 71.1 cm³/mol. The highest BCUT2D eigenvalue weighted by molar-refractivity contribution is 6.36. The first-order valence-corrected chi connectivity index (χ1v) is 7.42. The van der Waals surface area contributed by atoms with Crippen LogP contribution in [0.1, 0.15) is 12.8 Å². The first-order chi connectivity index (χ1) is 8.28. The zero-order chi connectivity index (χ0) is 12.9. The van der Waals surface area contributed by atoms with Crippen molar-refractivity contribution >= 4 is 9.53 Å². The van der Waals surface area contributed by atoms with E-state index in [1.165, 1.54) is 12.8 Å². The fourth-order valence-electron chi connectivity index (χ4n) is 1.17. The molecule has 0 bridgehead atoms. The molecule has 6 nitrogen and oxygen atoms in total. The van der Waals surface area contributed by atoms with Gasteiger partial charge in [0.15, 0.2) is 0 Å². The molecule has 0 aromatic carbocycles. The van der Waals surface area contributed by atoms with Gasteiger partial charge in [0.1, 0.15) is 0 Å². The van der Waals surface area contributed by atoms with Gasteiger partial charge in [-0.2, -0.15) is 0 Å². The zero-order valence-corrected chi connectivity index (χ0v) is 12.4. The van der Waals surface area contributed by atoms with Crippen LogP contribution in [0.3, 0.4) is 0 Å². The van der Waals surface area contributed by atoms with Gasteiger partial charge >= 0.3 is 9.53 Å². The molecule has 4 N–H and O–H groups in total. The van der Waals surface area contributed by atoms with Crippen molar-refractivity contribution in [3.8, 4) is 0 Å². The summed E-state index contributed by atoms with van der Waals surface area (Å²) in [5, 5.41) is 6.64. The Hall–Kier alpha value is -0.0231. The van der Waals surface area contributed by atoms with Crippen LogP contribution in [-0.2, 0) is 13.3 Å². The van der Waals surface area contributed by atoms with Gasteiger partial charge in [0.25, 0.3) is 0 Å². The van der Waals surface area contributed by atoms with E-state index in [4.69, 9.17) is 19.0 Å². The lowest BCUT2D eigenvalue weighted by atomic mass is 10.5.